The summed E-state index contributed by atoms with van der Waals surface area (Å²) in [5.74, 6) is 1.00. The molecule has 0 aliphatic heterocycles. The predicted octanol–water partition coefficient (Wildman–Crippen LogP) is 11.2. The molecule has 0 N–H and O–H groups in total. The van der Waals surface area contributed by atoms with Gasteiger partial charge in [-0.3, -0.25) is 0 Å². The highest BCUT2D eigenvalue weighted by molar-refractivity contribution is 7.25. The third-order valence-corrected chi connectivity index (χ3v) is 9.43. The standard InChI is InChI=1S/C35H24ClNOS/c1-35(2)29-18-21(36)12-15-27(29)33-28-19-23(14-17-30(28)38-34(33)35)37(22-8-4-3-5-9-22)24-13-16-26-25-10-6-7-11-31(25)39-32(26)20-24/h3-20H,1-2H3. The van der Waals surface area contributed by atoms with Gasteiger partial charge in [-0.15, -0.1) is 11.3 Å². The van der Waals surface area contributed by atoms with Crippen LogP contribution in [0.3, 0.4) is 0 Å². The van der Waals surface area contributed by atoms with Crippen LogP contribution in [0.2, 0.25) is 5.02 Å². The number of anilines is 3. The van der Waals surface area contributed by atoms with Crippen molar-refractivity contribution in [2.45, 2.75) is 19.3 Å². The third-order valence-electron chi connectivity index (χ3n) is 8.06. The van der Waals surface area contributed by atoms with Crippen LogP contribution in [0, 0.1) is 0 Å². The minimum Gasteiger partial charge on any atom is -0.459 e. The molecule has 0 fully saturated rings. The van der Waals surface area contributed by atoms with Crippen LogP contribution in [0.1, 0.15) is 25.2 Å². The molecule has 0 saturated heterocycles. The van der Waals surface area contributed by atoms with Crippen molar-refractivity contribution < 1.29 is 4.42 Å². The molecule has 0 radical (unpaired) electrons. The summed E-state index contributed by atoms with van der Waals surface area (Å²) in [4.78, 5) is 2.34. The number of benzene rings is 5. The fourth-order valence-electron chi connectivity index (χ4n) is 6.18. The minimum absolute atomic E-state index is 0.250. The van der Waals surface area contributed by atoms with Crippen LogP contribution in [0.25, 0.3) is 42.3 Å². The van der Waals surface area contributed by atoms with Crippen LogP contribution in [0.4, 0.5) is 17.1 Å². The van der Waals surface area contributed by atoms with E-state index in [2.05, 4.69) is 122 Å². The molecule has 2 nitrogen and oxygen atoms in total. The zero-order valence-corrected chi connectivity index (χ0v) is 23.1. The Hall–Kier alpha value is -4.05. The SMILES string of the molecule is CC1(C)c2cc(Cl)ccc2-c2c1oc1ccc(N(c3ccccc3)c3ccc4c(c3)sc3ccccc34)cc21. The second-order valence-electron chi connectivity index (χ2n) is 10.8. The fraction of sp³-hybridized carbons (Fsp3) is 0.0857. The van der Waals surface area contributed by atoms with Gasteiger partial charge in [-0.25, -0.2) is 0 Å². The molecule has 0 saturated carbocycles. The number of hydrogen-bond acceptors (Lipinski definition) is 3. The number of furan rings is 1. The van der Waals surface area contributed by atoms with Gasteiger partial charge in [-0.2, -0.15) is 0 Å². The first-order valence-electron chi connectivity index (χ1n) is 13.1. The van der Waals surface area contributed by atoms with Crippen molar-refractivity contribution in [3.63, 3.8) is 0 Å². The summed E-state index contributed by atoms with van der Waals surface area (Å²) in [6.07, 6.45) is 0. The van der Waals surface area contributed by atoms with Crippen LogP contribution in [-0.4, -0.2) is 0 Å². The second kappa shape index (κ2) is 8.22. The molecule has 1 aliphatic carbocycles. The maximum atomic E-state index is 6.53. The number of halogens is 1. The molecule has 1 aliphatic rings. The highest BCUT2D eigenvalue weighted by atomic mass is 35.5. The van der Waals surface area contributed by atoms with Crippen LogP contribution < -0.4 is 4.90 Å². The van der Waals surface area contributed by atoms with Crippen molar-refractivity contribution in [1.82, 2.24) is 0 Å². The Morgan fingerprint density at radius 3 is 2.28 bits per heavy atom. The molecule has 0 bridgehead atoms. The molecule has 0 amide bonds. The molecule has 0 atom stereocenters. The van der Waals surface area contributed by atoms with Gasteiger partial charge in [0.15, 0.2) is 0 Å². The van der Waals surface area contributed by atoms with Crippen molar-refractivity contribution in [3.8, 4) is 11.1 Å². The molecule has 2 heterocycles. The first-order valence-corrected chi connectivity index (χ1v) is 14.3. The summed E-state index contributed by atoms with van der Waals surface area (Å²) in [5, 5.41) is 4.49. The lowest BCUT2D eigenvalue weighted by Gasteiger charge is -2.25. The first-order chi connectivity index (χ1) is 19.0. The Balaban J connectivity index is 1.35. The van der Waals surface area contributed by atoms with E-state index >= 15 is 0 Å². The van der Waals surface area contributed by atoms with E-state index < -0.39 is 0 Å². The minimum atomic E-state index is -0.250. The van der Waals surface area contributed by atoms with Gasteiger partial charge in [0, 0.05) is 58.6 Å². The molecule has 8 rings (SSSR count). The average Bonchev–Trinajstić information content (AvgIpc) is 3.58. The quantitative estimate of drug-likeness (QED) is 0.221. The van der Waals surface area contributed by atoms with Gasteiger partial charge >= 0.3 is 0 Å². The molecule has 39 heavy (non-hydrogen) atoms. The van der Waals surface area contributed by atoms with Gasteiger partial charge in [-0.1, -0.05) is 60.1 Å². The summed E-state index contributed by atoms with van der Waals surface area (Å²) in [6, 6.07) is 38.8. The van der Waals surface area contributed by atoms with Gasteiger partial charge in [0.2, 0.25) is 0 Å². The van der Waals surface area contributed by atoms with E-state index in [-0.39, 0.29) is 5.41 Å². The second-order valence-corrected chi connectivity index (χ2v) is 12.3. The topological polar surface area (TPSA) is 16.4 Å². The van der Waals surface area contributed by atoms with Gasteiger partial charge in [-0.05, 0) is 85.6 Å². The zero-order chi connectivity index (χ0) is 26.3. The molecule has 7 aromatic rings. The summed E-state index contributed by atoms with van der Waals surface area (Å²) in [7, 11) is 0. The monoisotopic (exact) mass is 541 g/mol. The van der Waals surface area contributed by atoms with Gasteiger partial charge < -0.3 is 9.32 Å². The molecule has 188 valence electrons. The van der Waals surface area contributed by atoms with Crippen molar-refractivity contribution in [2.24, 2.45) is 0 Å². The average molecular weight is 542 g/mol. The Bertz CT molecular complexity index is 2070. The van der Waals surface area contributed by atoms with Crippen LogP contribution >= 0.6 is 22.9 Å². The first kappa shape index (κ1) is 22.9. The van der Waals surface area contributed by atoms with Gasteiger partial charge in [0.25, 0.3) is 0 Å². The number of fused-ring (bicyclic) bond motifs is 8. The normalized spacial score (nSPS) is 13.7. The molecular formula is C35H24ClNOS. The molecular weight excluding hydrogens is 518 g/mol. The Labute approximate surface area is 235 Å². The van der Waals surface area contributed by atoms with E-state index in [1.54, 1.807) is 0 Å². The van der Waals surface area contributed by atoms with Crippen LogP contribution in [0.5, 0.6) is 0 Å². The Morgan fingerprint density at radius 2 is 1.41 bits per heavy atom. The van der Waals surface area contributed by atoms with Crippen LogP contribution in [0.15, 0.2) is 114 Å². The van der Waals surface area contributed by atoms with E-state index in [1.807, 2.05) is 17.4 Å². The molecule has 5 aromatic carbocycles. The molecule has 4 heteroatoms. The predicted molar refractivity (Wildman–Crippen MR) is 166 cm³/mol. The summed E-state index contributed by atoms with van der Waals surface area (Å²) >= 11 is 8.26. The van der Waals surface area contributed by atoms with Gasteiger partial charge in [0.1, 0.15) is 11.3 Å². The number of para-hydroxylation sites is 1. The number of nitrogens with zero attached hydrogens (tertiary/aromatic N) is 1. The van der Waals surface area contributed by atoms with Gasteiger partial charge in [0.05, 0.1) is 0 Å². The molecule has 0 spiro atoms. The van der Waals surface area contributed by atoms with Crippen molar-refractivity contribution in [3.05, 3.63) is 126 Å². The largest absolute Gasteiger partial charge is 0.459 e. The summed E-state index contributed by atoms with van der Waals surface area (Å²) in [6.45, 7) is 4.43. The van der Waals surface area contributed by atoms with E-state index in [1.165, 1.54) is 36.9 Å². The van der Waals surface area contributed by atoms with E-state index in [9.17, 15) is 0 Å². The van der Waals surface area contributed by atoms with Crippen LogP contribution in [-0.2, 0) is 5.41 Å². The number of hydrogen-bond donors (Lipinski definition) is 0. The Kier molecular flexibility index (Phi) is 4.83. The maximum absolute atomic E-state index is 6.53. The molecule has 0 unspecified atom stereocenters. The summed E-state index contributed by atoms with van der Waals surface area (Å²) < 4.78 is 9.12. The summed E-state index contributed by atoms with van der Waals surface area (Å²) in [5.41, 5.74) is 7.59. The lowest BCUT2D eigenvalue weighted by atomic mass is 9.86. The highest BCUT2D eigenvalue weighted by Gasteiger charge is 2.40. The smallest absolute Gasteiger partial charge is 0.135 e. The number of rotatable bonds is 3. The molecule has 2 aromatic heterocycles. The third kappa shape index (κ3) is 3.33. The van der Waals surface area contributed by atoms with E-state index in [0.29, 0.717) is 0 Å². The lowest BCUT2D eigenvalue weighted by molar-refractivity contribution is 0.465. The van der Waals surface area contributed by atoms with E-state index in [4.69, 9.17) is 16.0 Å². The Morgan fingerprint density at radius 1 is 0.667 bits per heavy atom. The fourth-order valence-corrected chi connectivity index (χ4v) is 7.50. The highest BCUT2D eigenvalue weighted by Crippen LogP contribution is 2.54. The zero-order valence-electron chi connectivity index (χ0n) is 21.5. The number of thiophene rings is 1. The maximum Gasteiger partial charge on any atom is 0.135 e. The van der Waals surface area contributed by atoms with Crippen molar-refractivity contribution >= 4 is 71.1 Å². The lowest BCUT2D eigenvalue weighted by Crippen LogP contribution is -2.14. The van der Waals surface area contributed by atoms with Crippen molar-refractivity contribution in [1.29, 1.82) is 0 Å². The van der Waals surface area contributed by atoms with Crippen molar-refractivity contribution in [2.75, 3.05) is 4.90 Å². The van der Waals surface area contributed by atoms with E-state index in [0.717, 1.165) is 38.8 Å².